The molecule has 0 saturated carbocycles. The smallest absolute Gasteiger partial charge is 0.255 e. The Morgan fingerprint density at radius 1 is 1.00 bits per heavy atom. The zero-order chi connectivity index (χ0) is 25.8. The Balaban J connectivity index is 1.31. The summed E-state index contributed by atoms with van der Waals surface area (Å²) < 4.78 is 11.7. The number of amides is 1. The quantitative estimate of drug-likeness (QED) is 0.280. The molecule has 37 heavy (non-hydrogen) atoms. The van der Waals surface area contributed by atoms with Crippen molar-refractivity contribution in [1.29, 1.82) is 5.26 Å². The van der Waals surface area contributed by atoms with Crippen LogP contribution in [0.25, 0.3) is 11.1 Å². The number of rotatable bonds is 6. The van der Waals surface area contributed by atoms with E-state index in [1.807, 2.05) is 54.6 Å². The average Bonchev–Trinajstić information content (AvgIpc) is 2.93. The molecule has 1 aliphatic heterocycles. The van der Waals surface area contributed by atoms with E-state index >= 15 is 0 Å². The minimum atomic E-state index is -0.281. The van der Waals surface area contributed by atoms with Gasteiger partial charge in [-0.2, -0.15) is 5.26 Å². The third-order valence-electron chi connectivity index (χ3n) is 6.25. The van der Waals surface area contributed by atoms with Gasteiger partial charge in [-0.3, -0.25) is 4.79 Å². The molecule has 0 spiro atoms. The van der Waals surface area contributed by atoms with E-state index in [1.54, 1.807) is 36.4 Å². The summed E-state index contributed by atoms with van der Waals surface area (Å²) in [5.41, 5.74) is 4.28. The fraction of sp³-hybridized carbons (Fsp3) is 0.0968. The molecule has 5 rings (SSSR count). The number of aliphatic hydroxyl groups excluding tert-OH is 1. The second kappa shape index (κ2) is 10.3. The first-order valence-corrected chi connectivity index (χ1v) is 11.8. The van der Waals surface area contributed by atoms with Crippen molar-refractivity contribution in [3.63, 3.8) is 0 Å². The molecule has 1 heterocycles. The van der Waals surface area contributed by atoms with Gasteiger partial charge < -0.3 is 19.9 Å². The number of aliphatic hydroxyl groups is 1. The predicted molar refractivity (Wildman–Crippen MR) is 142 cm³/mol. The Bertz CT molecular complexity index is 1500. The third-order valence-corrected chi connectivity index (χ3v) is 6.25. The van der Waals surface area contributed by atoms with Gasteiger partial charge in [-0.25, -0.2) is 0 Å². The van der Waals surface area contributed by atoms with E-state index in [-0.39, 0.29) is 17.6 Å². The number of allylic oxidation sites excluding steroid dienone is 1. The number of nitriles is 1. The van der Waals surface area contributed by atoms with Gasteiger partial charge in [-0.15, -0.1) is 0 Å². The van der Waals surface area contributed by atoms with Gasteiger partial charge in [0.25, 0.3) is 5.91 Å². The van der Waals surface area contributed by atoms with Crippen LogP contribution in [0.2, 0.25) is 0 Å². The van der Waals surface area contributed by atoms with Crippen LogP contribution in [0, 0.1) is 11.3 Å². The summed E-state index contributed by atoms with van der Waals surface area (Å²) in [6.07, 6.45) is 0.591. The monoisotopic (exact) mass is 488 g/mol. The van der Waals surface area contributed by atoms with E-state index in [0.29, 0.717) is 52.7 Å². The van der Waals surface area contributed by atoms with Crippen LogP contribution in [0.3, 0.4) is 0 Å². The summed E-state index contributed by atoms with van der Waals surface area (Å²) in [5.74, 6) is 0.873. The summed E-state index contributed by atoms with van der Waals surface area (Å²) in [7, 11) is 0. The number of anilines is 1. The summed E-state index contributed by atoms with van der Waals surface area (Å²) in [6, 6.07) is 29.8. The van der Waals surface area contributed by atoms with Gasteiger partial charge in [-0.1, -0.05) is 49.0 Å². The van der Waals surface area contributed by atoms with Crippen LogP contribution in [-0.4, -0.2) is 17.6 Å². The standard InChI is InChI=1S/C31H24N2O4/c1-20(34)27-14-15-36-30-18-29(24(19-32)17-28(27)30)37-26-12-10-22(11-13-26)31(35)33-25-9-5-8-23(16-25)21-6-3-2-4-7-21/h2-13,16-18,27,34H,1,14-15H2,(H,33,35). The number of nitrogens with zero attached hydrogens (tertiary/aromatic N) is 1. The Labute approximate surface area is 215 Å². The normalized spacial score (nSPS) is 14.0. The molecule has 2 N–H and O–H groups in total. The summed E-state index contributed by atoms with van der Waals surface area (Å²) >= 11 is 0. The van der Waals surface area contributed by atoms with Crippen LogP contribution in [-0.2, 0) is 0 Å². The van der Waals surface area contributed by atoms with Crippen molar-refractivity contribution in [2.75, 3.05) is 11.9 Å². The number of hydrogen-bond donors (Lipinski definition) is 2. The predicted octanol–water partition coefficient (Wildman–Crippen LogP) is 7.21. The van der Waals surface area contributed by atoms with Crippen LogP contribution in [0.1, 0.15) is 33.8 Å². The molecule has 6 heteroatoms. The van der Waals surface area contributed by atoms with Crippen molar-refractivity contribution < 1.29 is 19.4 Å². The Hall–Kier alpha value is -5.02. The molecule has 4 aromatic rings. The van der Waals surface area contributed by atoms with Crippen LogP contribution in [0.4, 0.5) is 5.69 Å². The number of benzene rings is 4. The van der Waals surface area contributed by atoms with E-state index < -0.39 is 0 Å². The van der Waals surface area contributed by atoms with Gasteiger partial charge in [0.05, 0.1) is 17.9 Å². The van der Waals surface area contributed by atoms with Gasteiger partial charge >= 0.3 is 0 Å². The molecule has 1 aliphatic rings. The molecule has 0 saturated heterocycles. The largest absolute Gasteiger partial charge is 0.512 e. The van der Waals surface area contributed by atoms with E-state index in [4.69, 9.17) is 9.47 Å². The summed E-state index contributed by atoms with van der Waals surface area (Å²) in [4.78, 5) is 12.8. The van der Waals surface area contributed by atoms with E-state index in [1.165, 1.54) is 0 Å². The Kier molecular flexibility index (Phi) is 6.60. The molecular formula is C31H24N2O4. The van der Waals surface area contributed by atoms with Gasteiger partial charge in [0, 0.05) is 28.8 Å². The maximum Gasteiger partial charge on any atom is 0.255 e. The Morgan fingerprint density at radius 3 is 2.49 bits per heavy atom. The fourth-order valence-corrected chi connectivity index (χ4v) is 4.35. The van der Waals surface area contributed by atoms with Gasteiger partial charge in [-0.05, 0) is 60.0 Å². The number of hydrogen-bond acceptors (Lipinski definition) is 5. The number of carbonyl (C=O) groups excluding carboxylic acids is 1. The molecule has 182 valence electrons. The molecule has 1 unspecified atom stereocenters. The molecule has 1 amide bonds. The highest BCUT2D eigenvalue weighted by Crippen LogP contribution is 2.41. The van der Waals surface area contributed by atoms with Crippen molar-refractivity contribution in [2.45, 2.75) is 12.3 Å². The number of carbonyl (C=O) groups is 1. The van der Waals surface area contributed by atoms with Crippen LogP contribution in [0.5, 0.6) is 17.2 Å². The lowest BCUT2D eigenvalue weighted by atomic mass is 9.90. The molecule has 0 aliphatic carbocycles. The lowest BCUT2D eigenvalue weighted by Crippen LogP contribution is -2.16. The van der Waals surface area contributed by atoms with Crippen LogP contribution >= 0.6 is 0 Å². The molecule has 0 fully saturated rings. The lowest BCUT2D eigenvalue weighted by Gasteiger charge is -2.26. The zero-order valence-electron chi connectivity index (χ0n) is 20.0. The second-order valence-corrected chi connectivity index (χ2v) is 8.71. The number of ether oxygens (including phenoxy) is 2. The second-order valence-electron chi connectivity index (χ2n) is 8.71. The number of fused-ring (bicyclic) bond motifs is 1. The maximum absolute atomic E-state index is 12.8. The van der Waals surface area contributed by atoms with Gasteiger partial charge in [0.2, 0.25) is 0 Å². The first kappa shape index (κ1) is 23.7. The highest BCUT2D eigenvalue weighted by molar-refractivity contribution is 6.04. The molecule has 6 nitrogen and oxygen atoms in total. The minimum absolute atomic E-state index is 0.0442. The lowest BCUT2D eigenvalue weighted by molar-refractivity contribution is 0.102. The topological polar surface area (TPSA) is 91.6 Å². The fourth-order valence-electron chi connectivity index (χ4n) is 4.35. The van der Waals surface area contributed by atoms with Crippen molar-refractivity contribution in [1.82, 2.24) is 0 Å². The van der Waals surface area contributed by atoms with Crippen molar-refractivity contribution in [3.05, 3.63) is 120 Å². The van der Waals surface area contributed by atoms with Gasteiger partial charge in [0.1, 0.15) is 23.3 Å². The van der Waals surface area contributed by atoms with Crippen LogP contribution < -0.4 is 14.8 Å². The molecule has 1 atom stereocenters. The summed E-state index contributed by atoms with van der Waals surface area (Å²) in [5, 5.41) is 22.5. The van der Waals surface area contributed by atoms with Crippen molar-refractivity contribution in [3.8, 4) is 34.4 Å². The summed E-state index contributed by atoms with van der Waals surface area (Å²) in [6.45, 7) is 4.07. The average molecular weight is 489 g/mol. The van der Waals surface area contributed by atoms with E-state index in [9.17, 15) is 15.2 Å². The third kappa shape index (κ3) is 5.16. The molecule has 0 bridgehead atoms. The molecule has 0 aromatic heterocycles. The first-order valence-electron chi connectivity index (χ1n) is 11.8. The maximum atomic E-state index is 12.8. The van der Waals surface area contributed by atoms with Crippen molar-refractivity contribution in [2.24, 2.45) is 0 Å². The molecular weight excluding hydrogens is 464 g/mol. The van der Waals surface area contributed by atoms with Gasteiger partial charge in [0.15, 0.2) is 0 Å². The minimum Gasteiger partial charge on any atom is -0.512 e. The molecule has 0 radical (unpaired) electrons. The van der Waals surface area contributed by atoms with E-state index in [2.05, 4.69) is 18.0 Å². The zero-order valence-corrected chi connectivity index (χ0v) is 20.0. The van der Waals surface area contributed by atoms with Crippen LogP contribution in [0.15, 0.2) is 103 Å². The molecule has 4 aromatic carbocycles. The first-order chi connectivity index (χ1) is 18.0. The Morgan fingerprint density at radius 2 is 1.76 bits per heavy atom. The SMILES string of the molecule is C=C(O)C1CCOc2cc(Oc3ccc(C(=O)Nc4cccc(-c5ccccc5)c4)cc3)c(C#N)cc21. The highest BCUT2D eigenvalue weighted by atomic mass is 16.5. The number of nitrogens with one attached hydrogen (secondary N) is 1. The van der Waals surface area contributed by atoms with E-state index in [0.717, 1.165) is 11.1 Å². The highest BCUT2D eigenvalue weighted by Gasteiger charge is 2.26. The van der Waals surface area contributed by atoms with Crippen molar-refractivity contribution >= 4 is 11.6 Å².